The maximum atomic E-state index is 12.2. The van der Waals surface area contributed by atoms with Gasteiger partial charge in [-0.3, -0.25) is 4.68 Å². The van der Waals surface area contributed by atoms with E-state index in [9.17, 15) is 18.0 Å². The van der Waals surface area contributed by atoms with Gasteiger partial charge in [-0.25, -0.2) is 4.79 Å². The summed E-state index contributed by atoms with van der Waals surface area (Å²) in [6.45, 7) is 1.75. The zero-order chi connectivity index (χ0) is 13.2. The van der Waals surface area contributed by atoms with Crippen molar-refractivity contribution in [3.63, 3.8) is 0 Å². The average molecular weight is 315 g/mol. The number of ether oxygens (including phenoxy) is 1. The van der Waals surface area contributed by atoms with Gasteiger partial charge >= 0.3 is 12.1 Å². The lowest BCUT2D eigenvalue weighted by atomic mass is 10.3. The molecule has 1 heterocycles. The Labute approximate surface area is 104 Å². The molecule has 4 nitrogen and oxygen atoms in total. The van der Waals surface area contributed by atoms with E-state index in [1.54, 1.807) is 6.92 Å². The maximum Gasteiger partial charge on any atom is 0.394 e. The Morgan fingerprint density at radius 3 is 2.59 bits per heavy atom. The summed E-state index contributed by atoms with van der Waals surface area (Å²) in [6, 6.07) is 0. The lowest BCUT2D eigenvalue weighted by molar-refractivity contribution is -0.128. The molecule has 0 atom stereocenters. The molecule has 0 spiro atoms. The molecule has 17 heavy (non-hydrogen) atoms. The highest BCUT2D eigenvalue weighted by Gasteiger charge is 2.32. The summed E-state index contributed by atoms with van der Waals surface area (Å²) in [7, 11) is 1.39. The molecule has 0 aliphatic rings. The minimum Gasteiger partial charge on any atom is -0.461 e. The van der Waals surface area contributed by atoms with Crippen LogP contribution in [0.5, 0.6) is 0 Å². The van der Waals surface area contributed by atoms with Crippen LogP contribution in [0.3, 0.4) is 0 Å². The summed E-state index contributed by atoms with van der Waals surface area (Å²) < 4.78 is 42.5. The van der Waals surface area contributed by atoms with Gasteiger partial charge in [0.2, 0.25) is 0 Å². The molecule has 8 heteroatoms. The molecule has 0 N–H and O–H groups in total. The number of alkyl halides is 3. The van der Waals surface area contributed by atoms with Gasteiger partial charge in [0.1, 0.15) is 0 Å². The normalized spacial score (nSPS) is 11.6. The molecule has 0 radical (unpaired) electrons. The molecule has 0 aliphatic carbocycles. The van der Waals surface area contributed by atoms with Crippen LogP contribution in [0.15, 0.2) is 4.47 Å². The van der Waals surface area contributed by atoms with Crippen LogP contribution in [-0.2, 0) is 18.2 Å². The zero-order valence-corrected chi connectivity index (χ0v) is 10.7. The van der Waals surface area contributed by atoms with Gasteiger partial charge in [0, 0.05) is 7.05 Å². The van der Waals surface area contributed by atoms with E-state index in [1.807, 2.05) is 0 Å². The summed E-state index contributed by atoms with van der Waals surface area (Å²) in [5.41, 5.74) is -0.255. The van der Waals surface area contributed by atoms with Crippen molar-refractivity contribution in [1.82, 2.24) is 9.78 Å². The fourth-order valence-electron chi connectivity index (χ4n) is 1.28. The minimum absolute atomic E-state index is 0.0221. The second-order valence-corrected chi connectivity index (χ2v) is 4.04. The molecule has 0 saturated heterocycles. The second-order valence-electron chi connectivity index (χ2n) is 3.25. The highest BCUT2D eigenvalue weighted by Crippen LogP contribution is 2.28. The molecular weight excluding hydrogens is 305 g/mol. The molecule has 0 amide bonds. The van der Waals surface area contributed by atoms with Crippen LogP contribution in [0.1, 0.15) is 23.1 Å². The van der Waals surface area contributed by atoms with E-state index in [0.29, 0.717) is 0 Å². The Morgan fingerprint density at radius 2 is 2.12 bits per heavy atom. The number of aryl methyl sites for hydroxylation is 1. The summed E-state index contributed by atoms with van der Waals surface area (Å²) in [4.78, 5) is 11.5. The van der Waals surface area contributed by atoms with Crippen molar-refractivity contribution in [2.45, 2.75) is 19.5 Å². The van der Waals surface area contributed by atoms with Gasteiger partial charge in [-0.2, -0.15) is 18.3 Å². The quantitative estimate of drug-likeness (QED) is 0.805. The summed E-state index contributed by atoms with van der Waals surface area (Å²) >= 11 is 2.94. The van der Waals surface area contributed by atoms with Crippen molar-refractivity contribution in [1.29, 1.82) is 0 Å². The topological polar surface area (TPSA) is 44.1 Å². The molecule has 0 aromatic carbocycles. The molecule has 0 fully saturated rings. The lowest BCUT2D eigenvalue weighted by Crippen LogP contribution is -2.12. The molecule has 1 rings (SSSR count). The minimum atomic E-state index is -4.37. The van der Waals surface area contributed by atoms with Crippen molar-refractivity contribution in [3.8, 4) is 0 Å². The number of halogens is 4. The van der Waals surface area contributed by atoms with Crippen LogP contribution < -0.4 is 0 Å². The van der Waals surface area contributed by atoms with Gasteiger partial charge in [-0.05, 0) is 22.9 Å². The Kier molecular flexibility index (Phi) is 4.18. The van der Waals surface area contributed by atoms with E-state index < -0.39 is 18.6 Å². The number of nitrogens with zero attached hydrogens (tertiary/aromatic N) is 2. The molecule has 1 aromatic heterocycles. The first-order chi connectivity index (χ1) is 7.76. The van der Waals surface area contributed by atoms with Crippen LogP contribution in [0.2, 0.25) is 0 Å². The lowest BCUT2D eigenvalue weighted by Gasteiger charge is -2.03. The van der Waals surface area contributed by atoms with E-state index in [1.165, 1.54) is 7.05 Å². The monoisotopic (exact) mass is 314 g/mol. The molecule has 1 aromatic rings. The van der Waals surface area contributed by atoms with Crippen LogP contribution in [0.25, 0.3) is 0 Å². The number of rotatable bonds is 3. The fourth-order valence-corrected chi connectivity index (χ4v) is 1.92. The fraction of sp³-hybridized carbons (Fsp3) is 0.556. The summed E-state index contributed by atoms with van der Waals surface area (Å²) in [6.07, 6.45) is -5.57. The van der Waals surface area contributed by atoms with Gasteiger partial charge in [0.05, 0.1) is 23.2 Å². The zero-order valence-electron chi connectivity index (χ0n) is 9.14. The number of hydrogen-bond acceptors (Lipinski definition) is 3. The number of hydrogen-bond donors (Lipinski definition) is 0. The maximum absolute atomic E-state index is 12.2. The average Bonchev–Trinajstić information content (AvgIpc) is 2.39. The molecule has 0 unspecified atom stereocenters. The van der Waals surface area contributed by atoms with Crippen LogP contribution in [0.4, 0.5) is 13.2 Å². The number of carbonyl (C=O) groups is 1. The standard InChI is InChI=1S/C9H10BrF3N2O2/c1-3-17-8(16)7-6(10)5(14-15(7)2)4-9(11,12)13/h3-4H2,1-2H3. The van der Waals surface area contributed by atoms with Gasteiger partial charge in [-0.15, -0.1) is 0 Å². The van der Waals surface area contributed by atoms with E-state index in [0.717, 1.165) is 4.68 Å². The first-order valence-corrected chi connectivity index (χ1v) is 5.50. The van der Waals surface area contributed by atoms with Crippen LogP contribution in [-0.4, -0.2) is 28.5 Å². The number of esters is 1. The smallest absolute Gasteiger partial charge is 0.394 e. The third kappa shape index (κ3) is 3.45. The molecule has 0 bridgehead atoms. The van der Waals surface area contributed by atoms with Gasteiger partial charge < -0.3 is 4.74 Å². The van der Waals surface area contributed by atoms with Crippen molar-refractivity contribution in [2.24, 2.45) is 7.05 Å². The SMILES string of the molecule is CCOC(=O)c1c(Br)c(CC(F)(F)F)nn1C. The van der Waals surface area contributed by atoms with E-state index >= 15 is 0 Å². The Bertz CT molecular complexity index is 429. The highest BCUT2D eigenvalue weighted by atomic mass is 79.9. The van der Waals surface area contributed by atoms with Crippen LogP contribution in [0, 0.1) is 0 Å². The van der Waals surface area contributed by atoms with E-state index in [2.05, 4.69) is 21.0 Å². The van der Waals surface area contributed by atoms with Crippen molar-refractivity contribution < 1.29 is 22.7 Å². The molecular formula is C9H10BrF3N2O2. The third-order valence-corrected chi connectivity index (χ3v) is 2.73. The van der Waals surface area contributed by atoms with Crippen LogP contribution >= 0.6 is 15.9 Å². The molecule has 0 saturated carbocycles. The van der Waals surface area contributed by atoms with Crippen molar-refractivity contribution in [3.05, 3.63) is 15.9 Å². The Balaban J connectivity index is 3.06. The highest BCUT2D eigenvalue weighted by molar-refractivity contribution is 9.10. The van der Waals surface area contributed by atoms with Gasteiger partial charge in [-0.1, -0.05) is 0 Å². The largest absolute Gasteiger partial charge is 0.461 e. The predicted octanol–water partition coefficient (Wildman–Crippen LogP) is 2.46. The van der Waals surface area contributed by atoms with E-state index in [-0.39, 0.29) is 22.5 Å². The van der Waals surface area contributed by atoms with Crippen molar-refractivity contribution in [2.75, 3.05) is 6.61 Å². The summed E-state index contributed by atoms with van der Waals surface area (Å²) in [5.74, 6) is -0.706. The number of aromatic nitrogens is 2. The van der Waals surface area contributed by atoms with Gasteiger partial charge in [0.15, 0.2) is 5.69 Å². The summed E-state index contributed by atoms with van der Waals surface area (Å²) in [5, 5.41) is 3.65. The van der Waals surface area contributed by atoms with Gasteiger partial charge in [0.25, 0.3) is 0 Å². The van der Waals surface area contributed by atoms with Crippen molar-refractivity contribution >= 4 is 21.9 Å². The second kappa shape index (κ2) is 5.07. The first-order valence-electron chi connectivity index (χ1n) is 4.71. The molecule has 0 aliphatic heterocycles. The Morgan fingerprint density at radius 1 is 1.53 bits per heavy atom. The number of carbonyl (C=O) groups excluding carboxylic acids is 1. The first kappa shape index (κ1) is 14.0. The Hall–Kier alpha value is -1.05. The predicted molar refractivity (Wildman–Crippen MR) is 56.6 cm³/mol. The van der Waals surface area contributed by atoms with E-state index in [4.69, 9.17) is 4.74 Å². The third-order valence-electron chi connectivity index (χ3n) is 1.89. The molecule has 96 valence electrons.